The Balaban J connectivity index is 1.92. The first kappa shape index (κ1) is 11.5. The van der Waals surface area contributed by atoms with Crippen molar-refractivity contribution in [2.75, 3.05) is 5.73 Å². The topological polar surface area (TPSA) is 80.5 Å². The third-order valence-corrected chi connectivity index (χ3v) is 3.46. The number of nitrogens with zero attached hydrogens (tertiary/aromatic N) is 3. The number of nitrogens with two attached hydrogens (primary N) is 1. The van der Waals surface area contributed by atoms with Crippen LogP contribution in [0.2, 0.25) is 0 Å². The highest BCUT2D eigenvalue weighted by molar-refractivity contribution is 9.10. The molecule has 0 saturated heterocycles. The molecule has 0 aliphatic carbocycles. The van der Waals surface area contributed by atoms with Crippen molar-refractivity contribution in [3.05, 3.63) is 35.1 Å². The third-order valence-electron chi connectivity index (χ3n) is 2.27. The van der Waals surface area contributed by atoms with Crippen LogP contribution in [-0.2, 0) is 0 Å². The van der Waals surface area contributed by atoms with Gasteiger partial charge in [-0.05, 0) is 45.9 Å². The molecule has 0 saturated carbocycles. The lowest BCUT2D eigenvalue weighted by Gasteiger charge is -1.95. The first-order chi connectivity index (χ1) is 8.70. The number of nitrogens with one attached hydrogen (secondary N) is 1. The second-order valence-corrected chi connectivity index (χ2v) is 5.48. The Labute approximate surface area is 115 Å². The van der Waals surface area contributed by atoms with E-state index in [2.05, 4.69) is 35.9 Å². The number of H-pyrrole nitrogens is 1. The van der Waals surface area contributed by atoms with Gasteiger partial charge < -0.3 is 10.7 Å². The van der Waals surface area contributed by atoms with E-state index in [9.17, 15) is 0 Å². The molecule has 0 amide bonds. The summed E-state index contributed by atoms with van der Waals surface area (Å²) in [5.74, 6) is 0. The van der Waals surface area contributed by atoms with Crippen molar-refractivity contribution in [3.8, 4) is 0 Å². The molecule has 3 rings (SSSR count). The van der Waals surface area contributed by atoms with Crippen LogP contribution in [0.5, 0.6) is 0 Å². The molecule has 3 aromatic rings. The van der Waals surface area contributed by atoms with Crippen LogP contribution in [-0.4, -0.2) is 19.9 Å². The Morgan fingerprint density at radius 3 is 2.78 bits per heavy atom. The van der Waals surface area contributed by atoms with Gasteiger partial charge in [0.2, 0.25) is 0 Å². The van der Waals surface area contributed by atoms with Gasteiger partial charge in [-0.25, -0.2) is 15.0 Å². The molecule has 0 bridgehead atoms. The second-order valence-electron chi connectivity index (χ2n) is 3.60. The number of benzene rings is 1. The molecule has 1 aromatic carbocycles. The average Bonchev–Trinajstić information content (AvgIpc) is 2.73. The minimum atomic E-state index is 0.644. The monoisotopic (exact) mass is 321 g/mol. The summed E-state index contributed by atoms with van der Waals surface area (Å²) in [6.45, 7) is 0. The average molecular weight is 322 g/mol. The third kappa shape index (κ3) is 2.32. The smallest absolute Gasteiger partial charge is 0.195 e. The van der Waals surface area contributed by atoms with Crippen LogP contribution in [0.15, 0.2) is 45.4 Å². The highest BCUT2D eigenvalue weighted by Crippen LogP contribution is 2.25. The molecule has 0 unspecified atom stereocenters. The molecule has 0 radical (unpaired) electrons. The van der Waals surface area contributed by atoms with Crippen molar-refractivity contribution in [1.29, 1.82) is 0 Å². The van der Waals surface area contributed by atoms with Gasteiger partial charge in [-0.15, -0.1) is 0 Å². The zero-order valence-corrected chi connectivity index (χ0v) is 11.5. The Morgan fingerprint density at radius 1 is 1.22 bits per heavy atom. The highest BCUT2D eigenvalue weighted by atomic mass is 79.9. The van der Waals surface area contributed by atoms with Crippen molar-refractivity contribution in [2.24, 2.45) is 0 Å². The molecule has 0 aliphatic rings. The summed E-state index contributed by atoms with van der Waals surface area (Å²) in [6.07, 6.45) is 3.41. The number of rotatable bonds is 2. The highest BCUT2D eigenvalue weighted by Gasteiger charge is 2.06. The van der Waals surface area contributed by atoms with Gasteiger partial charge >= 0.3 is 0 Å². The number of fused-ring (bicyclic) bond motifs is 1. The van der Waals surface area contributed by atoms with E-state index in [-0.39, 0.29) is 0 Å². The van der Waals surface area contributed by atoms with Crippen molar-refractivity contribution in [3.63, 3.8) is 0 Å². The molecule has 0 spiro atoms. The van der Waals surface area contributed by atoms with Crippen LogP contribution in [0, 0.1) is 0 Å². The molecular formula is C11H8BrN5S. The van der Waals surface area contributed by atoms with Gasteiger partial charge in [0, 0.05) is 18.1 Å². The van der Waals surface area contributed by atoms with E-state index in [1.807, 2.05) is 18.2 Å². The van der Waals surface area contributed by atoms with E-state index < -0.39 is 0 Å². The Hall–Kier alpha value is -1.60. The Morgan fingerprint density at radius 2 is 2.00 bits per heavy atom. The van der Waals surface area contributed by atoms with Gasteiger partial charge in [0.15, 0.2) is 10.3 Å². The van der Waals surface area contributed by atoms with E-state index >= 15 is 0 Å². The molecule has 2 aromatic heterocycles. The Bertz CT molecular complexity index is 694. The quantitative estimate of drug-likeness (QED) is 0.560. The van der Waals surface area contributed by atoms with Crippen LogP contribution in [0.3, 0.4) is 0 Å². The van der Waals surface area contributed by atoms with Crippen molar-refractivity contribution in [2.45, 2.75) is 10.3 Å². The summed E-state index contributed by atoms with van der Waals surface area (Å²) in [6, 6.07) is 5.57. The summed E-state index contributed by atoms with van der Waals surface area (Å²) in [5, 5.41) is 1.39. The number of nitrogen functional groups attached to an aromatic ring is 1. The van der Waals surface area contributed by atoms with Crippen molar-refractivity contribution in [1.82, 2.24) is 19.9 Å². The normalized spacial score (nSPS) is 10.9. The molecule has 18 heavy (non-hydrogen) atoms. The SMILES string of the molecule is Nc1ccc2nc(Sc3ncc(Br)cn3)[nH]c2c1. The van der Waals surface area contributed by atoms with E-state index in [0.29, 0.717) is 10.8 Å². The van der Waals surface area contributed by atoms with Crippen LogP contribution < -0.4 is 5.73 Å². The fraction of sp³-hybridized carbons (Fsp3) is 0. The van der Waals surface area contributed by atoms with Crippen LogP contribution in [0.4, 0.5) is 5.69 Å². The lowest BCUT2D eigenvalue weighted by molar-refractivity contribution is 0.946. The number of halogens is 1. The lowest BCUT2D eigenvalue weighted by Crippen LogP contribution is -1.85. The molecule has 7 heteroatoms. The van der Waals surface area contributed by atoms with E-state index in [4.69, 9.17) is 5.73 Å². The van der Waals surface area contributed by atoms with E-state index in [1.54, 1.807) is 12.4 Å². The molecule has 90 valence electrons. The molecule has 3 N–H and O–H groups in total. The van der Waals surface area contributed by atoms with Gasteiger partial charge in [0.05, 0.1) is 15.5 Å². The first-order valence-corrected chi connectivity index (χ1v) is 6.72. The first-order valence-electron chi connectivity index (χ1n) is 5.11. The van der Waals surface area contributed by atoms with Gasteiger partial charge in [0.25, 0.3) is 0 Å². The largest absolute Gasteiger partial charge is 0.399 e. The summed E-state index contributed by atoms with van der Waals surface area (Å²) in [5.41, 5.74) is 8.22. The van der Waals surface area contributed by atoms with Gasteiger partial charge in [-0.1, -0.05) is 0 Å². The molecule has 0 aliphatic heterocycles. The minimum Gasteiger partial charge on any atom is -0.399 e. The van der Waals surface area contributed by atoms with Crippen LogP contribution in [0.25, 0.3) is 11.0 Å². The summed E-state index contributed by atoms with van der Waals surface area (Å²) in [4.78, 5) is 16.0. The van der Waals surface area contributed by atoms with Crippen LogP contribution in [0.1, 0.15) is 0 Å². The van der Waals surface area contributed by atoms with Crippen LogP contribution >= 0.6 is 27.7 Å². The number of anilines is 1. The second kappa shape index (κ2) is 4.58. The minimum absolute atomic E-state index is 0.644. The maximum Gasteiger partial charge on any atom is 0.195 e. The summed E-state index contributed by atoms with van der Waals surface area (Å²) in [7, 11) is 0. The van der Waals surface area contributed by atoms with Crippen molar-refractivity contribution >= 4 is 44.4 Å². The van der Waals surface area contributed by atoms with E-state index in [1.165, 1.54) is 11.8 Å². The predicted octanol–water partition coefficient (Wildman–Crippen LogP) is 2.85. The molecule has 0 fully saturated rings. The molecular weight excluding hydrogens is 314 g/mol. The number of hydrogen-bond acceptors (Lipinski definition) is 5. The number of imidazole rings is 1. The molecule has 2 heterocycles. The predicted molar refractivity (Wildman–Crippen MR) is 74.4 cm³/mol. The number of aromatic nitrogens is 4. The summed E-state index contributed by atoms with van der Waals surface area (Å²) < 4.78 is 0.851. The fourth-order valence-corrected chi connectivity index (χ4v) is 2.39. The van der Waals surface area contributed by atoms with Gasteiger partial charge in [-0.3, -0.25) is 0 Å². The lowest BCUT2D eigenvalue weighted by atomic mass is 10.3. The molecule has 5 nitrogen and oxygen atoms in total. The summed E-state index contributed by atoms with van der Waals surface area (Å²) >= 11 is 4.67. The van der Waals surface area contributed by atoms with Gasteiger partial charge in [0.1, 0.15) is 0 Å². The van der Waals surface area contributed by atoms with Gasteiger partial charge in [-0.2, -0.15) is 0 Å². The fourth-order valence-electron chi connectivity index (χ4n) is 1.49. The van der Waals surface area contributed by atoms with Crippen molar-refractivity contribution < 1.29 is 0 Å². The maximum atomic E-state index is 5.72. The zero-order chi connectivity index (χ0) is 12.5. The number of aromatic amines is 1. The van der Waals surface area contributed by atoms with E-state index in [0.717, 1.165) is 20.7 Å². The molecule has 0 atom stereocenters. The Kier molecular flexibility index (Phi) is 2.92. The number of hydrogen-bond donors (Lipinski definition) is 2. The maximum absolute atomic E-state index is 5.72. The zero-order valence-electron chi connectivity index (χ0n) is 9.09. The standard InChI is InChI=1S/C11H8BrN5S/c12-6-4-14-10(15-5-6)18-11-16-8-2-1-7(13)3-9(8)17-11/h1-5H,13H2,(H,16,17).